The standard InChI is InChI=1S/C20H27N7OS/c1-19(2,3)13-12-11(16(28)26-17(22)23-12)9-29(13)18-24-14(21)10-7-8-27(15(10)25-18)20(4,5)6/h7-9,29H,1-6H3,(H2,21,24,25)(H3,22,23,26,28). The van der Waals surface area contributed by atoms with Crippen molar-refractivity contribution in [2.75, 3.05) is 11.5 Å². The molecule has 1 aliphatic heterocycles. The van der Waals surface area contributed by atoms with Crippen LogP contribution in [0.25, 0.3) is 21.3 Å². The number of hydrogen-bond donors (Lipinski definition) is 4. The molecule has 9 heteroatoms. The molecule has 4 rings (SSSR count). The second-order valence-electron chi connectivity index (χ2n) is 9.31. The Labute approximate surface area is 171 Å². The van der Waals surface area contributed by atoms with E-state index in [0.29, 0.717) is 21.5 Å². The molecular weight excluding hydrogens is 386 g/mol. The van der Waals surface area contributed by atoms with Gasteiger partial charge in [-0.05, 0) is 37.7 Å². The minimum Gasteiger partial charge on any atom is -0.383 e. The molecule has 1 unspecified atom stereocenters. The molecule has 0 saturated carbocycles. The van der Waals surface area contributed by atoms with Crippen LogP contribution in [0.4, 0.5) is 11.8 Å². The maximum atomic E-state index is 12.5. The summed E-state index contributed by atoms with van der Waals surface area (Å²) >= 11 is 0. The first-order valence-corrected chi connectivity index (χ1v) is 10.9. The molecule has 3 aromatic rings. The van der Waals surface area contributed by atoms with Gasteiger partial charge in [-0.1, -0.05) is 20.8 Å². The third-order valence-electron chi connectivity index (χ3n) is 4.91. The second-order valence-corrected chi connectivity index (χ2v) is 11.2. The summed E-state index contributed by atoms with van der Waals surface area (Å²) in [6.07, 6.45) is 1.99. The molecular formula is C20H27N7OS. The van der Waals surface area contributed by atoms with Crippen molar-refractivity contribution in [1.29, 1.82) is 0 Å². The van der Waals surface area contributed by atoms with Crippen LogP contribution in [-0.2, 0) is 5.54 Å². The van der Waals surface area contributed by atoms with Gasteiger partial charge in [0, 0.05) is 16.6 Å². The van der Waals surface area contributed by atoms with E-state index in [4.69, 9.17) is 16.5 Å². The highest BCUT2D eigenvalue weighted by Gasteiger charge is 2.31. The van der Waals surface area contributed by atoms with Crippen molar-refractivity contribution in [2.24, 2.45) is 5.41 Å². The summed E-state index contributed by atoms with van der Waals surface area (Å²) in [6.45, 7) is 12.6. The average Bonchev–Trinajstić information content (AvgIpc) is 3.15. The van der Waals surface area contributed by atoms with E-state index in [1.54, 1.807) is 0 Å². The Balaban J connectivity index is 2.04. The van der Waals surface area contributed by atoms with Crippen molar-refractivity contribution in [3.63, 3.8) is 0 Å². The fraction of sp³-hybridized carbons (Fsp3) is 0.400. The van der Waals surface area contributed by atoms with E-state index in [0.717, 1.165) is 15.9 Å². The number of aromatic nitrogens is 5. The van der Waals surface area contributed by atoms with Crippen LogP contribution >= 0.6 is 10.9 Å². The highest BCUT2D eigenvalue weighted by molar-refractivity contribution is 8.31. The third kappa shape index (κ3) is 3.09. The number of nitrogens with one attached hydrogen (secondary N) is 1. The first kappa shape index (κ1) is 19.5. The lowest BCUT2D eigenvalue weighted by atomic mass is 9.95. The Hall–Kier alpha value is -2.81. The SMILES string of the molecule is CC(C)(C)C1=c2nc(N)[nH]c(=O)c2=C[SH]1c1nc(N)c2ccn(C(C)(C)C)c2n1. The molecule has 0 aromatic carbocycles. The molecule has 0 aliphatic carbocycles. The van der Waals surface area contributed by atoms with E-state index in [-0.39, 0.29) is 22.5 Å². The first-order chi connectivity index (χ1) is 13.4. The van der Waals surface area contributed by atoms with Gasteiger partial charge >= 0.3 is 0 Å². The molecule has 0 fully saturated rings. The number of anilines is 2. The van der Waals surface area contributed by atoms with Gasteiger partial charge in [-0.2, -0.15) is 0 Å². The monoisotopic (exact) mass is 413 g/mol. The van der Waals surface area contributed by atoms with E-state index >= 15 is 0 Å². The van der Waals surface area contributed by atoms with Crippen LogP contribution in [0.2, 0.25) is 0 Å². The zero-order chi connectivity index (χ0) is 21.3. The summed E-state index contributed by atoms with van der Waals surface area (Å²) < 4.78 is 2.10. The van der Waals surface area contributed by atoms with Crippen LogP contribution in [-0.4, -0.2) is 24.5 Å². The van der Waals surface area contributed by atoms with Crippen molar-refractivity contribution in [2.45, 2.75) is 52.2 Å². The molecule has 5 N–H and O–H groups in total. The topological polar surface area (TPSA) is 128 Å². The minimum atomic E-state index is -1.13. The number of H-pyrrole nitrogens is 1. The number of thiol groups is 1. The quantitative estimate of drug-likeness (QED) is 0.353. The zero-order valence-electron chi connectivity index (χ0n) is 17.5. The van der Waals surface area contributed by atoms with Crippen LogP contribution in [0.15, 0.2) is 22.2 Å². The minimum absolute atomic E-state index is 0.109. The second kappa shape index (κ2) is 6.09. The van der Waals surface area contributed by atoms with E-state index in [2.05, 4.69) is 61.1 Å². The molecule has 29 heavy (non-hydrogen) atoms. The van der Waals surface area contributed by atoms with E-state index in [1.807, 2.05) is 17.7 Å². The maximum absolute atomic E-state index is 12.5. The molecule has 4 heterocycles. The molecule has 8 nitrogen and oxygen atoms in total. The van der Waals surface area contributed by atoms with Gasteiger partial charge in [0.25, 0.3) is 5.56 Å². The summed E-state index contributed by atoms with van der Waals surface area (Å²) in [7, 11) is -1.13. The van der Waals surface area contributed by atoms with E-state index < -0.39 is 10.9 Å². The summed E-state index contributed by atoms with van der Waals surface area (Å²) in [5.74, 6) is 0.549. The van der Waals surface area contributed by atoms with Crippen LogP contribution in [0, 0.1) is 5.41 Å². The number of aromatic amines is 1. The van der Waals surface area contributed by atoms with Gasteiger partial charge in [0.15, 0.2) is 5.16 Å². The third-order valence-corrected chi connectivity index (χ3v) is 7.42. The summed E-state index contributed by atoms with van der Waals surface area (Å²) in [5.41, 5.74) is 12.3. The lowest BCUT2D eigenvalue weighted by Gasteiger charge is -2.28. The number of nitrogen functional groups attached to an aromatic ring is 2. The van der Waals surface area contributed by atoms with Crippen molar-refractivity contribution < 1.29 is 0 Å². The number of hydrogen-bond acceptors (Lipinski definition) is 6. The highest BCUT2D eigenvalue weighted by atomic mass is 32.2. The predicted octanol–water partition coefficient (Wildman–Crippen LogP) is 1.40. The van der Waals surface area contributed by atoms with Crippen molar-refractivity contribution in [3.05, 3.63) is 33.2 Å². The largest absolute Gasteiger partial charge is 0.383 e. The first-order valence-electron chi connectivity index (χ1n) is 9.44. The highest BCUT2D eigenvalue weighted by Crippen LogP contribution is 2.53. The Morgan fingerprint density at radius 3 is 2.38 bits per heavy atom. The van der Waals surface area contributed by atoms with Crippen molar-refractivity contribution >= 4 is 44.0 Å². The molecule has 0 amide bonds. The molecule has 0 spiro atoms. The summed E-state index contributed by atoms with van der Waals surface area (Å²) in [6, 6.07) is 1.95. The van der Waals surface area contributed by atoms with Crippen molar-refractivity contribution in [1.82, 2.24) is 24.5 Å². The fourth-order valence-electron chi connectivity index (χ4n) is 3.66. The van der Waals surface area contributed by atoms with Crippen LogP contribution < -0.4 is 27.6 Å². The van der Waals surface area contributed by atoms with Crippen LogP contribution in [0.3, 0.4) is 0 Å². The smallest absolute Gasteiger partial charge is 0.260 e. The predicted molar refractivity (Wildman–Crippen MR) is 120 cm³/mol. The fourth-order valence-corrected chi connectivity index (χ4v) is 6.14. The number of rotatable bonds is 1. The van der Waals surface area contributed by atoms with Gasteiger partial charge in [0.2, 0.25) is 5.95 Å². The molecule has 154 valence electrons. The lowest BCUT2D eigenvalue weighted by Crippen LogP contribution is -2.43. The maximum Gasteiger partial charge on any atom is 0.260 e. The summed E-state index contributed by atoms with van der Waals surface area (Å²) in [5, 5.41) is 4.55. The molecule has 0 saturated heterocycles. The van der Waals surface area contributed by atoms with Crippen LogP contribution in [0.5, 0.6) is 0 Å². The van der Waals surface area contributed by atoms with Gasteiger partial charge in [-0.15, -0.1) is 10.9 Å². The summed E-state index contributed by atoms with van der Waals surface area (Å²) in [4.78, 5) is 30.1. The Kier molecular flexibility index (Phi) is 4.10. The molecule has 1 atom stereocenters. The van der Waals surface area contributed by atoms with Gasteiger partial charge in [0.1, 0.15) is 11.5 Å². The van der Waals surface area contributed by atoms with Gasteiger partial charge in [-0.3, -0.25) is 9.78 Å². The zero-order valence-corrected chi connectivity index (χ0v) is 18.4. The number of nitrogens with zero attached hydrogens (tertiary/aromatic N) is 4. The van der Waals surface area contributed by atoms with Crippen molar-refractivity contribution in [3.8, 4) is 0 Å². The molecule has 1 aliphatic rings. The average molecular weight is 414 g/mol. The van der Waals surface area contributed by atoms with Gasteiger partial charge < -0.3 is 16.0 Å². The molecule has 0 bridgehead atoms. The van der Waals surface area contributed by atoms with E-state index in [1.165, 1.54) is 0 Å². The Bertz CT molecular complexity index is 1320. The van der Waals surface area contributed by atoms with Crippen LogP contribution in [0.1, 0.15) is 41.5 Å². The number of fused-ring (bicyclic) bond motifs is 2. The lowest BCUT2D eigenvalue weighted by molar-refractivity contribution is 0.408. The molecule has 3 aromatic heterocycles. The Morgan fingerprint density at radius 1 is 1.07 bits per heavy atom. The van der Waals surface area contributed by atoms with E-state index in [9.17, 15) is 4.79 Å². The van der Waals surface area contributed by atoms with Gasteiger partial charge in [-0.25, -0.2) is 15.0 Å². The molecule has 0 radical (unpaired) electrons. The van der Waals surface area contributed by atoms with Gasteiger partial charge in [0.05, 0.1) is 16.0 Å². The number of nitrogens with two attached hydrogens (primary N) is 2. The Morgan fingerprint density at radius 2 is 1.76 bits per heavy atom. The normalized spacial score (nSPS) is 18.1.